The molecule has 0 saturated heterocycles. The van der Waals surface area contributed by atoms with Crippen molar-refractivity contribution in [2.45, 2.75) is 72.4 Å². The molecule has 6 nitrogen and oxygen atoms in total. The van der Waals surface area contributed by atoms with E-state index in [1.165, 1.54) is 0 Å². The van der Waals surface area contributed by atoms with E-state index in [9.17, 15) is 17.8 Å². The SMILES string of the molecule is C=C(C)C(=O)OC(C)CC[N+](CCC)(CCC)C(C)CCS(=O)(=O)[O-]. The minimum atomic E-state index is -4.21. The van der Waals surface area contributed by atoms with Crippen LogP contribution >= 0.6 is 0 Å². The second-order valence-corrected chi connectivity index (χ2v) is 8.60. The normalized spacial score (nSPS) is 14.8. The lowest BCUT2D eigenvalue weighted by molar-refractivity contribution is -0.950. The van der Waals surface area contributed by atoms with Crippen LogP contribution in [0.2, 0.25) is 0 Å². The Hall–Kier alpha value is -0.920. The van der Waals surface area contributed by atoms with Gasteiger partial charge >= 0.3 is 5.97 Å². The van der Waals surface area contributed by atoms with E-state index in [4.69, 9.17) is 4.74 Å². The van der Waals surface area contributed by atoms with Gasteiger partial charge in [0.15, 0.2) is 0 Å². The van der Waals surface area contributed by atoms with E-state index >= 15 is 0 Å². The summed E-state index contributed by atoms with van der Waals surface area (Å²) in [5.74, 6) is -0.719. The molecule has 0 bridgehead atoms. The van der Waals surface area contributed by atoms with Crippen molar-refractivity contribution in [3.05, 3.63) is 12.2 Å². The van der Waals surface area contributed by atoms with Crippen LogP contribution in [0.15, 0.2) is 12.2 Å². The van der Waals surface area contributed by atoms with Crippen molar-refractivity contribution < 1.29 is 27.0 Å². The van der Waals surface area contributed by atoms with Crippen molar-refractivity contribution >= 4 is 16.1 Å². The largest absolute Gasteiger partial charge is 0.748 e. The maximum absolute atomic E-state index is 11.6. The lowest BCUT2D eigenvalue weighted by atomic mass is 10.1. The quantitative estimate of drug-likeness (QED) is 0.213. The Morgan fingerprint density at radius 2 is 1.64 bits per heavy atom. The molecule has 0 rings (SSSR count). The smallest absolute Gasteiger partial charge is 0.333 e. The monoisotopic (exact) mass is 377 g/mol. The lowest BCUT2D eigenvalue weighted by Gasteiger charge is -2.44. The minimum absolute atomic E-state index is 0.0627. The molecule has 0 aliphatic rings. The molecule has 0 fully saturated rings. The van der Waals surface area contributed by atoms with Crippen LogP contribution in [0.25, 0.3) is 0 Å². The van der Waals surface area contributed by atoms with Crippen LogP contribution in [0.1, 0.15) is 60.3 Å². The zero-order valence-corrected chi connectivity index (χ0v) is 17.2. The number of rotatable bonds is 13. The molecule has 2 unspecified atom stereocenters. The first-order valence-electron chi connectivity index (χ1n) is 9.13. The number of esters is 1. The second-order valence-electron chi connectivity index (χ2n) is 7.07. The molecule has 2 atom stereocenters. The highest BCUT2D eigenvalue weighted by Crippen LogP contribution is 2.22. The van der Waals surface area contributed by atoms with Crippen molar-refractivity contribution in [1.29, 1.82) is 0 Å². The summed E-state index contributed by atoms with van der Waals surface area (Å²) in [4.78, 5) is 11.6. The molecule has 0 saturated carbocycles. The van der Waals surface area contributed by atoms with Gasteiger partial charge in [0, 0.05) is 24.2 Å². The van der Waals surface area contributed by atoms with Gasteiger partial charge in [-0.3, -0.25) is 0 Å². The third-order valence-electron chi connectivity index (χ3n) is 4.70. The number of ether oxygens (including phenoxy) is 1. The van der Waals surface area contributed by atoms with Gasteiger partial charge in [0.05, 0.1) is 35.8 Å². The summed E-state index contributed by atoms with van der Waals surface area (Å²) in [7, 11) is -4.21. The van der Waals surface area contributed by atoms with E-state index in [1.54, 1.807) is 6.92 Å². The van der Waals surface area contributed by atoms with Crippen molar-refractivity contribution in [1.82, 2.24) is 0 Å². The highest BCUT2D eigenvalue weighted by Gasteiger charge is 2.33. The topological polar surface area (TPSA) is 83.5 Å². The number of carbonyl (C=O) groups excluding carboxylic acids is 1. The van der Waals surface area contributed by atoms with Crippen molar-refractivity contribution in [2.75, 3.05) is 25.4 Å². The van der Waals surface area contributed by atoms with Gasteiger partial charge in [-0.05, 0) is 33.6 Å². The highest BCUT2D eigenvalue weighted by atomic mass is 32.2. The molecule has 25 heavy (non-hydrogen) atoms. The van der Waals surface area contributed by atoms with Crippen molar-refractivity contribution in [2.24, 2.45) is 0 Å². The Balaban J connectivity index is 5.06. The van der Waals surface area contributed by atoms with Gasteiger partial charge in [0.2, 0.25) is 0 Å². The van der Waals surface area contributed by atoms with Crippen LogP contribution in [0.3, 0.4) is 0 Å². The van der Waals surface area contributed by atoms with E-state index in [0.717, 1.165) is 37.0 Å². The molecule has 0 heterocycles. The van der Waals surface area contributed by atoms with E-state index in [2.05, 4.69) is 20.4 Å². The fourth-order valence-corrected chi connectivity index (χ4v) is 3.89. The highest BCUT2D eigenvalue weighted by molar-refractivity contribution is 7.85. The molecule has 0 aromatic rings. The molecule has 7 heteroatoms. The summed E-state index contributed by atoms with van der Waals surface area (Å²) in [5.41, 5.74) is 0.378. The molecule has 0 aromatic heterocycles. The van der Waals surface area contributed by atoms with Gasteiger partial charge in [-0.2, -0.15) is 0 Å². The summed E-state index contributed by atoms with van der Waals surface area (Å²) >= 11 is 0. The fraction of sp³-hybridized carbons (Fsp3) is 0.833. The number of hydrogen-bond acceptors (Lipinski definition) is 5. The predicted octanol–water partition coefficient (Wildman–Crippen LogP) is 2.84. The van der Waals surface area contributed by atoms with Gasteiger partial charge < -0.3 is 13.8 Å². The Kier molecular flexibility index (Phi) is 10.5. The fourth-order valence-electron chi connectivity index (χ4n) is 3.26. The molecular formula is C18H35NO5S. The Labute approximate surface area is 153 Å². The maximum atomic E-state index is 11.6. The average Bonchev–Trinajstić information content (AvgIpc) is 2.49. The molecule has 0 N–H and O–H groups in total. The van der Waals surface area contributed by atoms with Crippen LogP contribution in [0.5, 0.6) is 0 Å². The first-order valence-corrected chi connectivity index (χ1v) is 10.7. The van der Waals surface area contributed by atoms with E-state index in [0.29, 0.717) is 18.4 Å². The molecule has 0 amide bonds. The Morgan fingerprint density at radius 3 is 2.04 bits per heavy atom. The molecule has 0 radical (unpaired) electrons. The number of carbonyl (C=O) groups is 1. The molecule has 0 aromatic carbocycles. The summed E-state index contributed by atoms with van der Waals surface area (Å²) in [5, 5.41) is 0. The van der Waals surface area contributed by atoms with Gasteiger partial charge in [-0.25, -0.2) is 13.2 Å². The van der Waals surface area contributed by atoms with Gasteiger partial charge in [0.25, 0.3) is 0 Å². The Bertz CT molecular complexity index is 524. The van der Waals surface area contributed by atoms with E-state index in [1.807, 2.05) is 13.8 Å². The van der Waals surface area contributed by atoms with E-state index in [-0.39, 0.29) is 23.9 Å². The zero-order valence-electron chi connectivity index (χ0n) is 16.4. The van der Waals surface area contributed by atoms with Crippen molar-refractivity contribution in [3.63, 3.8) is 0 Å². The molecular weight excluding hydrogens is 342 g/mol. The van der Waals surface area contributed by atoms with Gasteiger partial charge in [0.1, 0.15) is 6.10 Å². The first kappa shape index (κ1) is 24.1. The predicted molar refractivity (Wildman–Crippen MR) is 99.1 cm³/mol. The third-order valence-corrected chi connectivity index (χ3v) is 5.43. The third kappa shape index (κ3) is 9.37. The second kappa shape index (κ2) is 10.9. The number of hydrogen-bond donors (Lipinski definition) is 0. The summed E-state index contributed by atoms with van der Waals surface area (Å²) in [6.07, 6.45) is 2.74. The minimum Gasteiger partial charge on any atom is -0.748 e. The van der Waals surface area contributed by atoms with Gasteiger partial charge in [-0.1, -0.05) is 20.4 Å². The van der Waals surface area contributed by atoms with Gasteiger partial charge in [-0.15, -0.1) is 0 Å². The standard InChI is InChI=1S/C18H35NO5S/c1-7-11-19(12-8-2,16(5)10-14-25(21,22)23)13-9-17(6)24-18(20)15(3)4/h16-17H,3,7-14H2,1-2,4-6H3. The Morgan fingerprint density at radius 1 is 1.12 bits per heavy atom. The van der Waals surface area contributed by atoms with Crippen LogP contribution in [-0.4, -0.2) is 61.0 Å². The number of quaternary nitrogens is 1. The molecule has 0 aliphatic heterocycles. The average molecular weight is 378 g/mol. The summed E-state index contributed by atoms with van der Waals surface area (Å²) < 4.78 is 39.1. The first-order chi connectivity index (χ1) is 11.5. The summed E-state index contributed by atoms with van der Waals surface area (Å²) in [6.45, 7) is 15.9. The van der Waals surface area contributed by atoms with Crippen LogP contribution in [0, 0.1) is 0 Å². The van der Waals surface area contributed by atoms with E-state index < -0.39 is 10.1 Å². The van der Waals surface area contributed by atoms with Crippen molar-refractivity contribution in [3.8, 4) is 0 Å². The molecule has 148 valence electrons. The summed E-state index contributed by atoms with van der Waals surface area (Å²) in [6, 6.07) is 0.0627. The molecule has 0 aliphatic carbocycles. The lowest BCUT2D eigenvalue weighted by Crippen LogP contribution is -2.56. The van der Waals surface area contributed by atoms with Crippen LogP contribution in [0.4, 0.5) is 0 Å². The van der Waals surface area contributed by atoms with Crippen LogP contribution in [-0.2, 0) is 19.6 Å². The molecule has 0 spiro atoms. The number of nitrogens with zero attached hydrogens (tertiary/aromatic N) is 1. The van der Waals surface area contributed by atoms with Crippen LogP contribution < -0.4 is 0 Å². The zero-order chi connectivity index (χ0) is 19.7. The maximum Gasteiger partial charge on any atom is 0.333 e.